The number of nitrogens with zero attached hydrogens (tertiary/aromatic N) is 1. The molecule has 0 aliphatic heterocycles. The van der Waals surface area contributed by atoms with Gasteiger partial charge >= 0.3 is 0 Å². The van der Waals surface area contributed by atoms with Crippen molar-refractivity contribution in [1.82, 2.24) is 9.62 Å². The van der Waals surface area contributed by atoms with Crippen LogP contribution in [0, 0.1) is 0 Å². The van der Waals surface area contributed by atoms with Crippen LogP contribution in [0.5, 0.6) is 5.75 Å². The van der Waals surface area contributed by atoms with Crippen molar-refractivity contribution in [1.29, 1.82) is 0 Å². The fraction of sp³-hybridized carbons (Fsp3) is 0.533. The quantitative estimate of drug-likeness (QED) is 0.737. The smallest absolute Gasteiger partial charge is 0.253 e. The van der Waals surface area contributed by atoms with Gasteiger partial charge in [-0.2, -0.15) is 0 Å². The van der Waals surface area contributed by atoms with Gasteiger partial charge in [0.2, 0.25) is 10.0 Å². The lowest BCUT2D eigenvalue weighted by molar-refractivity contribution is 0.0748. The molecule has 0 aromatic heterocycles. The Hall–Kier alpha value is -1.35. The summed E-state index contributed by atoms with van der Waals surface area (Å²) in [6.07, 6.45) is 1.66. The van der Waals surface area contributed by atoms with E-state index in [2.05, 4.69) is 4.72 Å². The van der Waals surface area contributed by atoms with E-state index in [4.69, 9.17) is 10.5 Å². The molecule has 1 atom stereocenters. The second kappa shape index (κ2) is 8.15. The summed E-state index contributed by atoms with van der Waals surface area (Å²) in [5.74, 6) is -0.0716. The minimum absolute atomic E-state index is 0. The highest BCUT2D eigenvalue weighted by Gasteiger charge is 2.30. The summed E-state index contributed by atoms with van der Waals surface area (Å²) in [6, 6.07) is 4.23. The molecule has 1 aliphatic carbocycles. The van der Waals surface area contributed by atoms with Crippen LogP contribution in [0.15, 0.2) is 23.1 Å². The maximum Gasteiger partial charge on any atom is 0.253 e. The first kappa shape index (κ1) is 20.7. The number of hydrogen-bond donors (Lipinski definition) is 2. The van der Waals surface area contributed by atoms with E-state index in [1.54, 1.807) is 13.1 Å². The number of halogens is 1. The van der Waals surface area contributed by atoms with Crippen molar-refractivity contribution in [2.24, 2.45) is 5.73 Å². The van der Waals surface area contributed by atoms with Gasteiger partial charge in [-0.05, 0) is 38.0 Å². The zero-order valence-corrected chi connectivity index (χ0v) is 15.6. The molecule has 0 spiro atoms. The number of methoxy groups -OCH3 is 1. The van der Waals surface area contributed by atoms with Gasteiger partial charge in [-0.25, -0.2) is 13.1 Å². The Morgan fingerprint density at radius 2 is 2.08 bits per heavy atom. The molecule has 1 aromatic rings. The average Bonchev–Trinajstić information content (AvgIpc) is 3.35. The van der Waals surface area contributed by atoms with Gasteiger partial charge in [-0.1, -0.05) is 0 Å². The van der Waals surface area contributed by atoms with E-state index in [0.29, 0.717) is 6.54 Å². The fourth-order valence-corrected chi connectivity index (χ4v) is 3.57. The Morgan fingerprint density at radius 1 is 1.46 bits per heavy atom. The SMILES string of the molecule is COc1ccc(C(=O)N(C)C(C)CN)cc1S(=O)(=O)NC1CC1.Cl. The second-order valence-electron chi connectivity index (χ2n) is 5.76. The number of hydrogen-bond acceptors (Lipinski definition) is 5. The lowest BCUT2D eigenvalue weighted by Gasteiger charge is -2.24. The van der Waals surface area contributed by atoms with Gasteiger partial charge in [0.05, 0.1) is 7.11 Å². The average molecular weight is 378 g/mol. The van der Waals surface area contributed by atoms with E-state index in [-0.39, 0.29) is 46.6 Å². The van der Waals surface area contributed by atoms with Crippen LogP contribution >= 0.6 is 12.4 Å². The first-order valence-corrected chi connectivity index (χ1v) is 8.96. The van der Waals surface area contributed by atoms with Gasteiger partial charge in [-0.3, -0.25) is 4.79 Å². The van der Waals surface area contributed by atoms with Crippen molar-refractivity contribution in [2.75, 3.05) is 20.7 Å². The predicted octanol–water partition coefficient (Wildman–Crippen LogP) is 0.977. The molecule has 1 fully saturated rings. The Kier molecular flexibility index (Phi) is 7.03. The van der Waals surface area contributed by atoms with E-state index in [9.17, 15) is 13.2 Å². The van der Waals surface area contributed by atoms with Crippen LogP contribution in [0.4, 0.5) is 0 Å². The monoisotopic (exact) mass is 377 g/mol. The molecule has 3 N–H and O–H groups in total. The van der Waals surface area contributed by atoms with E-state index < -0.39 is 10.0 Å². The Labute approximate surface area is 149 Å². The number of sulfonamides is 1. The van der Waals surface area contributed by atoms with Crippen molar-refractivity contribution in [3.8, 4) is 5.75 Å². The molecule has 1 amide bonds. The molecule has 1 aliphatic rings. The van der Waals surface area contributed by atoms with Crippen molar-refractivity contribution >= 4 is 28.3 Å². The lowest BCUT2D eigenvalue weighted by atomic mass is 10.1. The second-order valence-corrected chi connectivity index (χ2v) is 7.44. The third-order valence-electron chi connectivity index (χ3n) is 3.92. The summed E-state index contributed by atoms with van der Waals surface area (Å²) in [5, 5.41) is 0. The van der Waals surface area contributed by atoms with Gasteiger partial charge in [-0.15, -0.1) is 12.4 Å². The molecule has 1 aromatic carbocycles. The number of likely N-dealkylation sites (N-methyl/N-ethyl adjacent to an activating group) is 1. The molecule has 9 heteroatoms. The zero-order chi connectivity index (χ0) is 17.2. The highest BCUT2D eigenvalue weighted by atomic mass is 35.5. The molecule has 0 saturated heterocycles. The fourth-order valence-electron chi connectivity index (χ4n) is 2.07. The molecule has 0 radical (unpaired) electrons. The topological polar surface area (TPSA) is 102 Å². The standard InChI is InChI=1S/C15H23N3O4S.ClH/c1-10(9-16)18(2)15(19)11-4-7-13(22-3)14(8-11)23(20,21)17-12-5-6-12;/h4,7-8,10,12,17H,5-6,9,16H2,1-3H3;1H. The van der Waals surface area contributed by atoms with Crippen LogP contribution in [0.3, 0.4) is 0 Å². The number of amides is 1. The minimum Gasteiger partial charge on any atom is -0.495 e. The largest absolute Gasteiger partial charge is 0.495 e. The summed E-state index contributed by atoms with van der Waals surface area (Å²) in [6.45, 7) is 2.15. The Morgan fingerprint density at radius 3 is 2.58 bits per heavy atom. The van der Waals surface area contributed by atoms with Crippen LogP contribution in [0.25, 0.3) is 0 Å². The highest BCUT2D eigenvalue weighted by Crippen LogP contribution is 2.28. The molecule has 136 valence electrons. The number of nitrogens with two attached hydrogens (primary N) is 1. The summed E-state index contributed by atoms with van der Waals surface area (Å²) >= 11 is 0. The maximum absolute atomic E-state index is 12.5. The molecule has 1 unspecified atom stereocenters. The third-order valence-corrected chi connectivity index (χ3v) is 5.46. The van der Waals surface area contributed by atoms with Gasteiger partial charge in [0.1, 0.15) is 10.6 Å². The summed E-state index contributed by atoms with van der Waals surface area (Å²) in [7, 11) is -0.680. The van der Waals surface area contributed by atoms with Crippen LogP contribution in [0.2, 0.25) is 0 Å². The summed E-state index contributed by atoms with van der Waals surface area (Å²) in [5.41, 5.74) is 5.86. The van der Waals surface area contributed by atoms with Crippen molar-refractivity contribution in [2.45, 2.75) is 36.7 Å². The highest BCUT2D eigenvalue weighted by molar-refractivity contribution is 7.89. The molecule has 0 heterocycles. The van der Waals surface area contributed by atoms with Gasteiger partial charge < -0.3 is 15.4 Å². The zero-order valence-electron chi connectivity index (χ0n) is 14.0. The first-order chi connectivity index (χ1) is 10.8. The van der Waals surface area contributed by atoms with E-state index in [0.717, 1.165) is 12.8 Å². The Balaban J connectivity index is 0.00000288. The summed E-state index contributed by atoms with van der Waals surface area (Å²) in [4.78, 5) is 13.9. The molecule has 24 heavy (non-hydrogen) atoms. The van der Waals surface area contributed by atoms with Crippen LogP contribution in [0.1, 0.15) is 30.1 Å². The molecule has 1 saturated carbocycles. The minimum atomic E-state index is -3.72. The van der Waals surface area contributed by atoms with Gasteiger partial charge in [0.25, 0.3) is 5.91 Å². The normalized spacial score (nSPS) is 15.3. The number of carbonyl (C=O) groups is 1. The Bertz CT molecular complexity index is 692. The van der Waals surface area contributed by atoms with Crippen molar-refractivity contribution in [3.63, 3.8) is 0 Å². The first-order valence-electron chi connectivity index (χ1n) is 7.47. The van der Waals surface area contributed by atoms with Gasteiger partial charge in [0.15, 0.2) is 0 Å². The van der Waals surface area contributed by atoms with Gasteiger partial charge in [0, 0.05) is 31.2 Å². The number of benzene rings is 1. The van der Waals surface area contributed by atoms with Crippen LogP contribution < -0.4 is 15.2 Å². The lowest BCUT2D eigenvalue weighted by Crippen LogP contribution is -2.39. The number of nitrogens with one attached hydrogen (secondary N) is 1. The number of carbonyl (C=O) groups excluding carboxylic acids is 1. The van der Waals surface area contributed by atoms with Crippen molar-refractivity contribution < 1.29 is 17.9 Å². The van der Waals surface area contributed by atoms with Crippen LogP contribution in [-0.2, 0) is 10.0 Å². The summed E-state index contributed by atoms with van der Waals surface area (Å²) < 4.78 is 32.7. The molecular weight excluding hydrogens is 354 g/mol. The predicted molar refractivity (Wildman–Crippen MR) is 94.2 cm³/mol. The van der Waals surface area contributed by atoms with Crippen LogP contribution in [-0.4, -0.2) is 52.0 Å². The maximum atomic E-state index is 12.5. The van der Waals surface area contributed by atoms with E-state index in [1.807, 2.05) is 6.92 Å². The van der Waals surface area contributed by atoms with E-state index >= 15 is 0 Å². The van der Waals surface area contributed by atoms with Crippen molar-refractivity contribution in [3.05, 3.63) is 23.8 Å². The van der Waals surface area contributed by atoms with E-state index in [1.165, 1.54) is 24.1 Å². The number of ether oxygens (including phenoxy) is 1. The number of rotatable bonds is 7. The molecular formula is C15H24ClN3O4S. The third kappa shape index (κ3) is 4.60. The molecule has 2 rings (SSSR count). The molecule has 0 bridgehead atoms. The molecule has 7 nitrogen and oxygen atoms in total.